The number of carbonyl (C=O) groups excluding carboxylic acids is 2. The molecule has 0 radical (unpaired) electrons. The van der Waals surface area contributed by atoms with Gasteiger partial charge in [0.25, 0.3) is 5.91 Å². The molecule has 1 aromatic carbocycles. The molecule has 0 saturated carbocycles. The average Bonchev–Trinajstić information content (AvgIpc) is 3.28. The third-order valence-electron chi connectivity index (χ3n) is 5.46. The molecule has 2 saturated heterocycles. The number of carbonyl (C=O) groups is 2. The minimum atomic E-state index is -3.73. The average molecular weight is 455 g/mol. The zero-order chi connectivity index (χ0) is 22.6. The highest BCUT2D eigenvalue weighted by Crippen LogP contribution is 2.28. The maximum absolute atomic E-state index is 12.5. The Kier molecular flexibility index (Phi) is 7.52. The lowest BCUT2D eigenvalue weighted by Gasteiger charge is -2.35. The van der Waals surface area contributed by atoms with Gasteiger partial charge in [0.15, 0.2) is 0 Å². The van der Waals surface area contributed by atoms with E-state index in [1.165, 1.54) is 33.3 Å². The van der Waals surface area contributed by atoms with Crippen molar-refractivity contribution >= 4 is 27.5 Å². The van der Waals surface area contributed by atoms with Crippen molar-refractivity contribution in [3.63, 3.8) is 0 Å². The van der Waals surface area contributed by atoms with Crippen LogP contribution in [0.3, 0.4) is 0 Å². The normalized spacial score (nSPS) is 20.1. The van der Waals surface area contributed by atoms with Gasteiger partial charge in [0, 0.05) is 52.6 Å². The number of benzene rings is 1. The van der Waals surface area contributed by atoms with Crippen molar-refractivity contribution in [1.29, 1.82) is 0 Å². The largest absolute Gasteiger partial charge is 0.495 e. The van der Waals surface area contributed by atoms with Gasteiger partial charge in [-0.05, 0) is 31.0 Å². The number of ether oxygens (including phenoxy) is 2. The van der Waals surface area contributed by atoms with Crippen molar-refractivity contribution in [1.82, 2.24) is 14.1 Å². The van der Waals surface area contributed by atoms with Crippen LogP contribution in [0, 0.1) is 0 Å². The Balaban J connectivity index is 1.56. The molecule has 172 valence electrons. The van der Waals surface area contributed by atoms with Crippen LogP contribution < -0.4 is 10.1 Å². The van der Waals surface area contributed by atoms with Crippen molar-refractivity contribution in [3.05, 3.63) is 18.2 Å². The molecule has 2 aliphatic heterocycles. The molecule has 0 bridgehead atoms. The molecular weight excluding hydrogens is 424 g/mol. The Hall–Kier alpha value is -2.21. The third-order valence-corrected chi connectivity index (χ3v) is 7.30. The highest BCUT2D eigenvalue weighted by atomic mass is 32.2. The molecule has 1 aromatic rings. The number of anilines is 1. The highest BCUT2D eigenvalue weighted by molar-refractivity contribution is 7.89. The van der Waals surface area contributed by atoms with Crippen LogP contribution in [0.15, 0.2) is 23.1 Å². The minimum absolute atomic E-state index is 0.0148. The van der Waals surface area contributed by atoms with Gasteiger partial charge in [-0.3, -0.25) is 14.5 Å². The Morgan fingerprint density at radius 3 is 2.52 bits per heavy atom. The number of sulfonamides is 1. The van der Waals surface area contributed by atoms with E-state index >= 15 is 0 Å². The van der Waals surface area contributed by atoms with E-state index in [0.29, 0.717) is 38.5 Å². The van der Waals surface area contributed by atoms with E-state index in [-0.39, 0.29) is 35.1 Å². The van der Waals surface area contributed by atoms with Crippen LogP contribution in [0.5, 0.6) is 5.75 Å². The number of rotatable bonds is 7. The van der Waals surface area contributed by atoms with Crippen LogP contribution in [0.25, 0.3) is 0 Å². The second-order valence-electron chi connectivity index (χ2n) is 7.80. The summed E-state index contributed by atoms with van der Waals surface area (Å²) in [5.41, 5.74) is 0.374. The van der Waals surface area contributed by atoms with Gasteiger partial charge in [-0.1, -0.05) is 0 Å². The summed E-state index contributed by atoms with van der Waals surface area (Å²) >= 11 is 0. The zero-order valence-electron chi connectivity index (χ0n) is 18.2. The summed E-state index contributed by atoms with van der Waals surface area (Å²) in [6.07, 6.45) is 1.37. The summed E-state index contributed by atoms with van der Waals surface area (Å²) in [5.74, 6) is -0.00883. The number of hydrogen-bond donors (Lipinski definition) is 1. The molecule has 2 heterocycles. The molecule has 2 aliphatic rings. The molecule has 1 atom stereocenters. The maximum Gasteiger partial charge on any atom is 0.251 e. The van der Waals surface area contributed by atoms with Crippen LogP contribution in [-0.4, -0.2) is 101 Å². The second kappa shape index (κ2) is 9.94. The molecule has 2 fully saturated rings. The summed E-state index contributed by atoms with van der Waals surface area (Å²) in [6, 6.07) is 4.51. The molecule has 10 nitrogen and oxygen atoms in total. The van der Waals surface area contributed by atoms with E-state index in [9.17, 15) is 18.0 Å². The van der Waals surface area contributed by atoms with Gasteiger partial charge in [-0.15, -0.1) is 0 Å². The maximum atomic E-state index is 12.5. The van der Waals surface area contributed by atoms with Gasteiger partial charge < -0.3 is 19.7 Å². The molecule has 3 rings (SSSR count). The smallest absolute Gasteiger partial charge is 0.251 e. The number of nitrogens with one attached hydrogen (secondary N) is 1. The lowest BCUT2D eigenvalue weighted by atomic mass is 10.2. The molecule has 0 spiro atoms. The predicted molar refractivity (Wildman–Crippen MR) is 114 cm³/mol. The summed E-state index contributed by atoms with van der Waals surface area (Å²) in [4.78, 5) is 28.7. The number of amides is 2. The predicted octanol–water partition coefficient (Wildman–Crippen LogP) is 0.207. The van der Waals surface area contributed by atoms with Crippen molar-refractivity contribution in [3.8, 4) is 5.75 Å². The van der Waals surface area contributed by atoms with Gasteiger partial charge in [-0.25, -0.2) is 12.7 Å². The topological polar surface area (TPSA) is 108 Å². The molecule has 11 heteroatoms. The fourth-order valence-corrected chi connectivity index (χ4v) is 4.73. The van der Waals surface area contributed by atoms with Crippen molar-refractivity contribution in [2.75, 3.05) is 65.9 Å². The first kappa shape index (κ1) is 23.5. The van der Waals surface area contributed by atoms with E-state index in [1.54, 1.807) is 11.0 Å². The standard InChI is InChI=1S/C20H30N4O6S/c1-22(2)31(27,28)18-13-15(6-7-16(18)29-3)21-19(25)14-23-8-10-24(11-9-23)20(26)17-5-4-12-30-17/h6-7,13,17H,4-5,8-12,14H2,1-3H3,(H,21,25). The quantitative estimate of drug-likeness (QED) is 0.627. The van der Waals surface area contributed by atoms with Gasteiger partial charge in [0.2, 0.25) is 15.9 Å². The number of piperazine rings is 1. The van der Waals surface area contributed by atoms with Crippen LogP contribution >= 0.6 is 0 Å². The van der Waals surface area contributed by atoms with Crippen LogP contribution in [-0.2, 0) is 24.3 Å². The van der Waals surface area contributed by atoms with Gasteiger partial charge in [-0.2, -0.15) is 0 Å². The summed E-state index contributed by atoms with van der Waals surface area (Å²) in [6.45, 7) is 3.09. The van der Waals surface area contributed by atoms with Crippen molar-refractivity contribution in [2.24, 2.45) is 0 Å². The van der Waals surface area contributed by atoms with Crippen molar-refractivity contribution in [2.45, 2.75) is 23.8 Å². The second-order valence-corrected chi connectivity index (χ2v) is 9.92. The van der Waals surface area contributed by atoms with E-state index < -0.39 is 10.0 Å². The van der Waals surface area contributed by atoms with E-state index in [2.05, 4.69) is 5.32 Å². The monoisotopic (exact) mass is 454 g/mol. The lowest BCUT2D eigenvalue weighted by Crippen LogP contribution is -2.52. The first-order valence-corrected chi connectivity index (χ1v) is 11.7. The Morgan fingerprint density at radius 1 is 1.23 bits per heavy atom. The van der Waals surface area contributed by atoms with Gasteiger partial charge >= 0.3 is 0 Å². The molecule has 0 aromatic heterocycles. The Labute approximate surface area is 183 Å². The van der Waals surface area contributed by atoms with Crippen LogP contribution in [0.2, 0.25) is 0 Å². The fraction of sp³-hybridized carbons (Fsp3) is 0.600. The van der Waals surface area contributed by atoms with Crippen LogP contribution in [0.1, 0.15) is 12.8 Å². The number of hydrogen-bond acceptors (Lipinski definition) is 7. The Bertz CT molecular complexity index is 906. The molecular formula is C20H30N4O6S. The van der Waals surface area contributed by atoms with E-state index in [0.717, 1.165) is 17.1 Å². The van der Waals surface area contributed by atoms with Gasteiger partial charge in [0.05, 0.1) is 13.7 Å². The van der Waals surface area contributed by atoms with E-state index in [4.69, 9.17) is 9.47 Å². The Morgan fingerprint density at radius 2 is 1.94 bits per heavy atom. The molecule has 2 amide bonds. The lowest BCUT2D eigenvalue weighted by molar-refractivity contribution is -0.142. The molecule has 31 heavy (non-hydrogen) atoms. The summed E-state index contributed by atoms with van der Waals surface area (Å²) < 4.78 is 36.8. The number of methoxy groups -OCH3 is 1. The molecule has 1 unspecified atom stereocenters. The number of nitrogens with zero attached hydrogens (tertiary/aromatic N) is 3. The first-order valence-electron chi connectivity index (χ1n) is 10.3. The minimum Gasteiger partial charge on any atom is -0.495 e. The van der Waals surface area contributed by atoms with E-state index in [1.807, 2.05) is 4.90 Å². The SMILES string of the molecule is COc1ccc(NC(=O)CN2CCN(C(=O)C3CCCO3)CC2)cc1S(=O)(=O)N(C)C. The zero-order valence-corrected chi connectivity index (χ0v) is 19.0. The fourth-order valence-electron chi connectivity index (χ4n) is 3.66. The first-order chi connectivity index (χ1) is 14.7. The summed E-state index contributed by atoms with van der Waals surface area (Å²) in [5, 5.41) is 2.75. The molecule has 1 N–H and O–H groups in total. The van der Waals surface area contributed by atoms with Gasteiger partial charge in [0.1, 0.15) is 16.7 Å². The third kappa shape index (κ3) is 5.53. The highest BCUT2D eigenvalue weighted by Gasteiger charge is 2.30. The summed E-state index contributed by atoms with van der Waals surface area (Å²) in [7, 11) is 0.534. The molecule has 0 aliphatic carbocycles. The van der Waals surface area contributed by atoms with Crippen molar-refractivity contribution < 1.29 is 27.5 Å². The van der Waals surface area contributed by atoms with Crippen LogP contribution in [0.4, 0.5) is 5.69 Å².